The summed E-state index contributed by atoms with van der Waals surface area (Å²) in [5.41, 5.74) is 1.77. The number of ether oxygens (including phenoxy) is 1. The van der Waals surface area contributed by atoms with E-state index in [0.29, 0.717) is 12.5 Å². The summed E-state index contributed by atoms with van der Waals surface area (Å²) in [6.07, 6.45) is 4.29. The third kappa shape index (κ3) is 4.36. The van der Waals surface area contributed by atoms with Crippen LogP contribution in [0.1, 0.15) is 18.4 Å². The molecular formula is C17H19BrN2O4. The Balaban J connectivity index is 1.63. The van der Waals surface area contributed by atoms with E-state index in [1.807, 2.05) is 18.2 Å². The average molecular weight is 395 g/mol. The fraction of sp³-hybridized carbons (Fsp3) is 0.412. The minimum Gasteiger partial charge on any atom is -0.480 e. The van der Waals surface area contributed by atoms with E-state index in [4.69, 9.17) is 4.74 Å². The first-order valence-electron chi connectivity index (χ1n) is 7.88. The van der Waals surface area contributed by atoms with Crippen molar-refractivity contribution in [3.8, 4) is 0 Å². The average Bonchev–Trinajstić information content (AvgIpc) is 3.27. The number of nitrogens with one attached hydrogen (secondary N) is 2. The maximum absolute atomic E-state index is 11.9. The molecule has 0 radical (unpaired) electrons. The lowest BCUT2D eigenvalue weighted by Gasteiger charge is -2.14. The van der Waals surface area contributed by atoms with Crippen molar-refractivity contribution in [3.63, 3.8) is 0 Å². The number of rotatable bonds is 8. The number of amides is 1. The van der Waals surface area contributed by atoms with Crippen LogP contribution in [0.2, 0.25) is 0 Å². The highest BCUT2D eigenvalue weighted by molar-refractivity contribution is 9.10. The Morgan fingerprint density at radius 2 is 2.21 bits per heavy atom. The molecule has 128 valence electrons. The summed E-state index contributed by atoms with van der Waals surface area (Å²) in [7, 11) is 0. The topological polar surface area (TPSA) is 91.4 Å². The molecule has 1 saturated carbocycles. The van der Waals surface area contributed by atoms with E-state index in [-0.39, 0.29) is 13.0 Å². The zero-order valence-corrected chi connectivity index (χ0v) is 14.6. The Morgan fingerprint density at radius 3 is 2.92 bits per heavy atom. The van der Waals surface area contributed by atoms with Gasteiger partial charge in [0, 0.05) is 28.0 Å². The normalized spacial score (nSPS) is 15.4. The summed E-state index contributed by atoms with van der Waals surface area (Å²) in [6.45, 7) is 0.474. The molecule has 1 aromatic carbocycles. The van der Waals surface area contributed by atoms with Crippen LogP contribution in [0, 0.1) is 5.92 Å². The third-order valence-corrected chi connectivity index (χ3v) is 4.56. The third-order valence-electron chi connectivity index (χ3n) is 4.07. The zero-order valence-electron chi connectivity index (χ0n) is 13.0. The first kappa shape index (κ1) is 17.0. The minimum atomic E-state index is -1.06. The van der Waals surface area contributed by atoms with Gasteiger partial charge in [-0.2, -0.15) is 0 Å². The fourth-order valence-corrected chi connectivity index (χ4v) is 2.94. The Morgan fingerprint density at radius 1 is 1.42 bits per heavy atom. The van der Waals surface area contributed by atoms with Gasteiger partial charge in [-0.1, -0.05) is 15.9 Å². The maximum atomic E-state index is 11.9. The zero-order chi connectivity index (χ0) is 17.1. The molecule has 1 atom stereocenters. The summed E-state index contributed by atoms with van der Waals surface area (Å²) in [5, 5.41) is 12.9. The van der Waals surface area contributed by atoms with E-state index < -0.39 is 17.9 Å². The van der Waals surface area contributed by atoms with E-state index in [0.717, 1.165) is 33.8 Å². The lowest BCUT2D eigenvalue weighted by atomic mass is 10.1. The molecule has 1 unspecified atom stereocenters. The van der Waals surface area contributed by atoms with Gasteiger partial charge < -0.3 is 20.1 Å². The number of aromatic amines is 1. The largest absolute Gasteiger partial charge is 0.480 e. The number of hydrogen-bond acceptors (Lipinski definition) is 3. The van der Waals surface area contributed by atoms with Crippen LogP contribution >= 0.6 is 15.9 Å². The van der Waals surface area contributed by atoms with E-state index in [2.05, 4.69) is 26.2 Å². The van der Waals surface area contributed by atoms with Gasteiger partial charge in [0.2, 0.25) is 5.91 Å². The summed E-state index contributed by atoms with van der Waals surface area (Å²) in [6, 6.07) is 4.78. The SMILES string of the molecule is O=C(COCC1CC1)NC(Cc1c[nH]c2ccc(Br)cc12)C(=O)O. The van der Waals surface area contributed by atoms with Crippen molar-refractivity contribution >= 4 is 38.7 Å². The molecule has 2 aromatic rings. The van der Waals surface area contributed by atoms with Crippen molar-refractivity contribution in [2.75, 3.05) is 13.2 Å². The van der Waals surface area contributed by atoms with Gasteiger partial charge in [-0.05, 0) is 42.5 Å². The Bertz CT molecular complexity index is 754. The molecule has 7 heteroatoms. The monoisotopic (exact) mass is 394 g/mol. The van der Waals surface area contributed by atoms with Crippen LogP contribution in [0.15, 0.2) is 28.9 Å². The number of carbonyl (C=O) groups excluding carboxylic acids is 1. The van der Waals surface area contributed by atoms with Crippen LogP contribution in [-0.4, -0.2) is 41.2 Å². The fourth-order valence-electron chi connectivity index (χ4n) is 2.58. The van der Waals surface area contributed by atoms with E-state index in [1.165, 1.54) is 0 Å². The molecule has 24 heavy (non-hydrogen) atoms. The number of H-pyrrole nitrogens is 1. The van der Waals surface area contributed by atoms with Gasteiger partial charge >= 0.3 is 5.97 Å². The first-order valence-corrected chi connectivity index (χ1v) is 8.67. The molecule has 1 aliphatic rings. The van der Waals surface area contributed by atoms with Crippen LogP contribution in [-0.2, 0) is 20.7 Å². The molecule has 1 heterocycles. The molecule has 3 rings (SSSR count). The van der Waals surface area contributed by atoms with Crippen molar-refractivity contribution in [1.29, 1.82) is 0 Å². The molecule has 0 bridgehead atoms. The lowest BCUT2D eigenvalue weighted by Crippen LogP contribution is -2.43. The number of carbonyl (C=O) groups is 2. The second-order valence-electron chi connectivity index (χ2n) is 6.12. The summed E-state index contributed by atoms with van der Waals surface area (Å²) in [5.74, 6) is -0.892. The Kier molecular flexibility index (Phi) is 5.20. The number of halogens is 1. The summed E-state index contributed by atoms with van der Waals surface area (Å²) < 4.78 is 6.22. The molecule has 1 fully saturated rings. The molecule has 1 aromatic heterocycles. The molecular weight excluding hydrogens is 376 g/mol. The highest BCUT2D eigenvalue weighted by atomic mass is 79.9. The molecule has 1 aliphatic carbocycles. The lowest BCUT2D eigenvalue weighted by molar-refractivity contribution is -0.142. The van der Waals surface area contributed by atoms with E-state index in [9.17, 15) is 14.7 Å². The molecule has 0 aliphatic heterocycles. The smallest absolute Gasteiger partial charge is 0.326 e. The van der Waals surface area contributed by atoms with Crippen LogP contribution in [0.25, 0.3) is 10.9 Å². The van der Waals surface area contributed by atoms with Gasteiger partial charge in [0.1, 0.15) is 12.6 Å². The van der Waals surface area contributed by atoms with E-state index in [1.54, 1.807) is 6.20 Å². The summed E-state index contributed by atoms with van der Waals surface area (Å²) >= 11 is 3.42. The van der Waals surface area contributed by atoms with Crippen LogP contribution < -0.4 is 5.32 Å². The number of carboxylic acids is 1. The quantitative estimate of drug-likeness (QED) is 0.641. The van der Waals surface area contributed by atoms with Crippen molar-refractivity contribution in [1.82, 2.24) is 10.3 Å². The van der Waals surface area contributed by atoms with Gasteiger partial charge in [-0.15, -0.1) is 0 Å². The Hall–Kier alpha value is -1.86. The van der Waals surface area contributed by atoms with Crippen LogP contribution in [0.4, 0.5) is 0 Å². The molecule has 0 spiro atoms. The van der Waals surface area contributed by atoms with Gasteiger partial charge in [0.05, 0.1) is 6.61 Å². The Labute approximate surface area is 147 Å². The second kappa shape index (κ2) is 7.36. The predicted octanol–water partition coefficient (Wildman–Crippen LogP) is 2.47. The molecule has 3 N–H and O–H groups in total. The van der Waals surface area contributed by atoms with Crippen LogP contribution in [0.5, 0.6) is 0 Å². The predicted molar refractivity (Wildman–Crippen MR) is 92.8 cm³/mol. The highest BCUT2D eigenvalue weighted by Gasteiger charge is 2.24. The molecule has 1 amide bonds. The highest BCUT2D eigenvalue weighted by Crippen LogP contribution is 2.28. The van der Waals surface area contributed by atoms with E-state index >= 15 is 0 Å². The standard InChI is InChI=1S/C17H19BrN2O4/c18-12-3-4-14-13(6-12)11(7-19-14)5-15(17(22)23)20-16(21)9-24-8-10-1-2-10/h3-4,6-7,10,15,19H,1-2,5,8-9H2,(H,20,21)(H,22,23). The maximum Gasteiger partial charge on any atom is 0.326 e. The number of hydrogen-bond donors (Lipinski definition) is 3. The van der Waals surface area contributed by atoms with Gasteiger partial charge in [0.25, 0.3) is 0 Å². The summed E-state index contributed by atoms with van der Waals surface area (Å²) in [4.78, 5) is 26.5. The van der Waals surface area contributed by atoms with Gasteiger partial charge in [-0.25, -0.2) is 4.79 Å². The number of benzene rings is 1. The molecule has 6 nitrogen and oxygen atoms in total. The molecule has 0 saturated heterocycles. The van der Waals surface area contributed by atoms with Crippen molar-refractivity contribution < 1.29 is 19.4 Å². The van der Waals surface area contributed by atoms with Crippen molar-refractivity contribution in [2.45, 2.75) is 25.3 Å². The van der Waals surface area contributed by atoms with Gasteiger partial charge in [-0.3, -0.25) is 4.79 Å². The van der Waals surface area contributed by atoms with Crippen LogP contribution in [0.3, 0.4) is 0 Å². The number of aliphatic carboxylic acids is 1. The number of fused-ring (bicyclic) bond motifs is 1. The number of aromatic nitrogens is 1. The first-order chi connectivity index (χ1) is 11.5. The van der Waals surface area contributed by atoms with Crippen molar-refractivity contribution in [3.05, 3.63) is 34.4 Å². The van der Waals surface area contributed by atoms with Gasteiger partial charge in [0.15, 0.2) is 0 Å². The minimum absolute atomic E-state index is 0.0975. The second-order valence-corrected chi connectivity index (χ2v) is 7.04. The number of carboxylic acid groups (broad SMARTS) is 1. The van der Waals surface area contributed by atoms with Crippen molar-refractivity contribution in [2.24, 2.45) is 5.92 Å².